The van der Waals surface area contributed by atoms with Crippen molar-refractivity contribution in [2.24, 2.45) is 5.92 Å². The average molecular weight is 331 g/mol. The van der Waals surface area contributed by atoms with Crippen LogP contribution >= 0.6 is 11.6 Å². The molecule has 2 N–H and O–H groups in total. The summed E-state index contributed by atoms with van der Waals surface area (Å²) in [4.78, 5) is 10.8. The van der Waals surface area contributed by atoms with E-state index in [0.29, 0.717) is 0 Å². The normalized spacial score (nSPS) is 21.9. The van der Waals surface area contributed by atoms with Crippen LogP contribution in [0.3, 0.4) is 0 Å². The number of aliphatic carboxylic acids is 1. The minimum atomic E-state index is -4.00. The zero-order valence-electron chi connectivity index (χ0n) is 10.6. The molecule has 9 heteroatoms. The third kappa shape index (κ3) is 3.33. The summed E-state index contributed by atoms with van der Waals surface area (Å²) < 4.78 is 31.8. The summed E-state index contributed by atoms with van der Waals surface area (Å²) in [5.41, 5.74) is 0.228. The van der Waals surface area contributed by atoms with Gasteiger partial charge in [-0.15, -0.1) is 0 Å². The van der Waals surface area contributed by atoms with Gasteiger partial charge in [0, 0.05) is 0 Å². The van der Waals surface area contributed by atoms with E-state index in [2.05, 4.69) is 4.72 Å². The number of benzene rings is 1. The first-order valence-corrected chi connectivity index (χ1v) is 7.74. The fraction of sp³-hybridized carbons (Fsp3) is 0.333. The molecule has 0 aliphatic carbocycles. The van der Waals surface area contributed by atoms with E-state index in [1.807, 2.05) is 6.07 Å². The van der Waals surface area contributed by atoms with Gasteiger partial charge in [0.25, 0.3) is 0 Å². The van der Waals surface area contributed by atoms with E-state index in [-0.39, 0.29) is 28.7 Å². The third-order valence-electron chi connectivity index (χ3n) is 3.05. The summed E-state index contributed by atoms with van der Waals surface area (Å²) >= 11 is 5.86. The van der Waals surface area contributed by atoms with Crippen molar-refractivity contribution >= 4 is 27.6 Å². The molecule has 1 fully saturated rings. The molecule has 1 aliphatic rings. The molecule has 1 aromatic carbocycles. The third-order valence-corrected chi connectivity index (χ3v) is 5.03. The maximum atomic E-state index is 12.2. The van der Waals surface area contributed by atoms with Gasteiger partial charge >= 0.3 is 5.97 Å². The SMILES string of the molecule is N#Cc1ccc(S(=O)(=O)NC2COCC2C(=O)O)c(Cl)c1. The molecule has 21 heavy (non-hydrogen) atoms. The Labute approximate surface area is 126 Å². The standard InChI is InChI=1S/C12H11ClN2O5S/c13-9-3-7(4-14)1-2-11(9)21(18,19)15-10-6-20-5-8(10)12(16)17/h1-3,8,10,15H,5-6H2,(H,16,17). The number of rotatable bonds is 4. The molecule has 0 bridgehead atoms. The van der Waals surface area contributed by atoms with Gasteiger partial charge in [0.15, 0.2) is 0 Å². The van der Waals surface area contributed by atoms with Gasteiger partial charge in [-0.1, -0.05) is 11.6 Å². The summed E-state index contributed by atoms with van der Waals surface area (Å²) in [6.07, 6.45) is 0. The molecule has 0 aromatic heterocycles. The lowest BCUT2D eigenvalue weighted by molar-refractivity contribution is -0.142. The zero-order valence-corrected chi connectivity index (χ0v) is 12.2. The van der Waals surface area contributed by atoms with Crippen molar-refractivity contribution in [2.75, 3.05) is 13.2 Å². The van der Waals surface area contributed by atoms with Gasteiger partial charge in [0.1, 0.15) is 4.90 Å². The number of hydrogen-bond donors (Lipinski definition) is 2. The number of nitrogens with zero attached hydrogens (tertiary/aromatic N) is 1. The van der Waals surface area contributed by atoms with E-state index in [0.717, 1.165) is 0 Å². The van der Waals surface area contributed by atoms with Gasteiger partial charge in [-0.3, -0.25) is 4.79 Å². The molecule has 0 saturated carbocycles. The van der Waals surface area contributed by atoms with Crippen LogP contribution in [0.1, 0.15) is 5.56 Å². The molecule has 2 rings (SSSR count). The fourth-order valence-electron chi connectivity index (χ4n) is 1.96. The maximum Gasteiger partial charge on any atom is 0.310 e. The van der Waals surface area contributed by atoms with Crippen LogP contribution < -0.4 is 4.72 Å². The number of sulfonamides is 1. The maximum absolute atomic E-state index is 12.2. The summed E-state index contributed by atoms with van der Waals surface area (Å²) in [7, 11) is -4.00. The van der Waals surface area contributed by atoms with Gasteiger partial charge in [0.05, 0.1) is 41.8 Å². The molecule has 112 valence electrons. The lowest BCUT2D eigenvalue weighted by atomic mass is 10.1. The Kier molecular flexibility index (Phi) is 4.49. The van der Waals surface area contributed by atoms with E-state index < -0.39 is 28.0 Å². The Morgan fingerprint density at radius 3 is 2.76 bits per heavy atom. The molecule has 7 nitrogen and oxygen atoms in total. The Hall–Kier alpha value is -1.66. The van der Waals surface area contributed by atoms with Crippen molar-refractivity contribution in [3.63, 3.8) is 0 Å². The largest absolute Gasteiger partial charge is 0.481 e. The van der Waals surface area contributed by atoms with Crippen LogP contribution in [0.4, 0.5) is 0 Å². The molecule has 0 radical (unpaired) electrons. The predicted molar refractivity (Wildman–Crippen MR) is 72.2 cm³/mol. The second kappa shape index (κ2) is 5.99. The van der Waals surface area contributed by atoms with Crippen molar-refractivity contribution in [1.82, 2.24) is 4.72 Å². The molecule has 0 spiro atoms. The Morgan fingerprint density at radius 2 is 2.19 bits per heavy atom. The summed E-state index contributed by atoms with van der Waals surface area (Å²) in [5.74, 6) is -2.08. The van der Waals surface area contributed by atoms with Crippen LogP contribution in [-0.4, -0.2) is 38.7 Å². The highest BCUT2D eigenvalue weighted by Gasteiger charge is 2.37. The second-order valence-corrected chi connectivity index (χ2v) is 6.56. The van der Waals surface area contributed by atoms with E-state index in [4.69, 9.17) is 26.7 Å². The Balaban J connectivity index is 2.27. The van der Waals surface area contributed by atoms with Crippen molar-refractivity contribution in [1.29, 1.82) is 5.26 Å². The van der Waals surface area contributed by atoms with Gasteiger partial charge in [-0.2, -0.15) is 5.26 Å². The van der Waals surface area contributed by atoms with Crippen LogP contribution in [0.5, 0.6) is 0 Å². The number of ether oxygens (including phenoxy) is 1. The van der Waals surface area contributed by atoms with E-state index in [9.17, 15) is 13.2 Å². The van der Waals surface area contributed by atoms with Crippen molar-refractivity contribution in [3.8, 4) is 6.07 Å². The molecular formula is C12H11ClN2O5S. The van der Waals surface area contributed by atoms with Gasteiger partial charge in [-0.25, -0.2) is 13.1 Å². The highest BCUT2D eigenvalue weighted by molar-refractivity contribution is 7.89. The van der Waals surface area contributed by atoms with Crippen LogP contribution in [0, 0.1) is 17.2 Å². The molecule has 1 aliphatic heterocycles. The van der Waals surface area contributed by atoms with E-state index in [1.54, 1.807) is 0 Å². The number of carboxylic acids is 1. The number of halogens is 1. The average Bonchev–Trinajstić information content (AvgIpc) is 2.85. The molecule has 2 unspecified atom stereocenters. The zero-order chi connectivity index (χ0) is 15.6. The summed E-state index contributed by atoms with van der Waals surface area (Å²) in [5, 5.41) is 17.6. The molecule has 1 saturated heterocycles. The number of nitriles is 1. The van der Waals surface area contributed by atoms with Crippen molar-refractivity contribution in [2.45, 2.75) is 10.9 Å². The fourth-order valence-corrected chi connectivity index (χ4v) is 3.77. The van der Waals surface area contributed by atoms with E-state index in [1.165, 1.54) is 18.2 Å². The highest BCUT2D eigenvalue weighted by atomic mass is 35.5. The van der Waals surface area contributed by atoms with Crippen molar-refractivity contribution in [3.05, 3.63) is 28.8 Å². The first kappa shape index (κ1) is 15.7. The summed E-state index contributed by atoms with van der Waals surface area (Å²) in [6.45, 7) is -0.0757. The smallest absolute Gasteiger partial charge is 0.310 e. The monoisotopic (exact) mass is 330 g/mol. The van der Waals surface area contributed by atoms with Gasteiger partial charge in [-0.05, 0) is 18.2 Å². The number of carbonyl (C=O) groups is 1. The van der Waals surface area contributed by atoms with E-state index >= 15 is 0 Å². The number of nitrogens with one attached hydrogen (secondary N) is 1. The van der Waals surface area contributed by atoms with Crippen molar-refractivity contribution < 1.29 is 23.1 Å². The Morgan fingerprint density at radius 1 is 1.48 bits per heavy atom. The van der Waals surface area contributed by atoms with Gasteiger partial charge < -0.3 is 9.84 Å². The first-order valence-electron chi connectivity index (χ1n) is 5.87. The Bertz CT molecular complexity index is 713. The first-order chi connectivity index (χ1) is 9.85. The quantitative estimate of drug-likeness (QED) is 0.834. The molecular weight excluding hydrogens is 320 g/mol. The van der Waals surface area contributed by atoms with Crippen LogP contribution in [0.15, 0.2) is 23.1 Å². The minimum absolute atomic E-state index is 0.0237. The number of hydrogen-bond acceptors (Lipinski definition) is 5. The molecule has 0 amide bonds. The van der Waals surface area contributed by atoms with Crippen LogP contribution in [0.25, 0.3) is 0 Å². The lowest BCUT2D eigenvalue weighted by Crippen LogP contribution is -2.42. The minimum Gasteiger partial charge on any atom is -0.481 e. The molecule has 1 heterocycles. The van der Waals surface area contributed by atoms with Crippen LogP contribution in [0.2, 0.25) is 5.02 Å². The summed E-state index contributed by atoms with van der Waals surface area (Å²) in [6, 6.07) is 4.74. The number of carboxylic acid groups (broad SMARTS) is 1. The topological polar surface area (TPSA) is 116 Å². The lowest BCUT2D eigenvalue weighted by Gasteiger charge is -2.16. The molecule has 1 aromatic rings. The van der Waals surface area contributed by atoms with Gasteiger partial charge in [0.2, 0.25) is 10.0 Å². The second-order valence-electron chi connectivity index (χ2n) is 4.47. The predicted octanol–water partition coefficient (Wildman–Crippen LogP) is 0.590. The van der Waals surface area contributed by atoms with Crippen LogP contribution in [-0.2, 0) is 19.6 Å². The highest BCUT2D eigenvalue weighted by Crippen LogP contribution is 2.24. The molecule has 2 atom stereocenters.